The molecule has 0 bridgehead atoms. The van der Waals surface area contributed by atoms with E-state index in [2.05, 4.69) is 20.9 Å². The monoisotopic (exact) mass is 346 g/mol. The minimum atomic E-state index is -1.07. The smallest absolute Gasteiger partial charge is 0.337 e. The van der Waals surface area contributed by atoms with Crippen LogP contribution < -0.4 is 5.69 Å². The summed E-state index contributed by atoms with van der Waals surface area (Å²) in [7, 11) is 0. The van der Waals surface area contributed by atoms with Gasteiger partial charge in [0.2, 0.25) is 0 Å². The van der Waals surface area contributed by atoms with Crippen molar-refractivity contribution in [3.8, 4) is 5.69 Å². The van der Waals surface area contributed by atoms with Gasteiger partial charge < -0.3 is 10.1 Å². The van der Waals surface area contributed by atoms with Crippen LogP contribution in [0, 0.1) is 6.92 Å². The van der Waals surface area contributed by atoms with Crippen LogP contribution in [-0.4, -0.2) is 20.6 Å². The highest BCUT2D eigenvalue weighted by molar-refractivity contribution is 9.10. The highest BCUT2D eigenvalue weighted by atomic mass is 79.9. The van der Waals surface area contributed by atoms with Gasteiger partial charge >= 0.3 is 11.7 Å². The highest BCUT2D eigenvalue weighted by Gasteiger charge is 2.18. The number of para-hydroxylation sites is 1. The van der Waals surface area contributed by atoms with Gasteiger partial charge in [0.15, 0.2) is 0 Å². The third-order valence-electron chi connectivity index (χ3n) is 3.35. The molecule has 0 aliphatic carbocycles. The Morgan fingerprint density at radius 1 is 1.24 bits per heavy atom. The maximum atomic E-state index is 12.3. The van der Waals surface area contributed by atoms with Gasteiger partial charge in [-0.2, -0.15) is 0 Å². The number of benzene rings is 2. The highest BCUT2D eigenvalue weighted by Crippen LogP contribution is 2.27. The van der Waals surface area contributed by atoms with Crippen molar-refractivity contribution in [2.75, 3.05) is 0 Å². The largest absolute Gasteiger partial charge is 0.478 e. The maximum Gasteiger partial charge on any atom is 0.337 e. The fraction of sp³-hybridized carbons (Fsp3) is 0.0667. The van der Waals surface area contributed by atoms with Crippen LogP contribution in [0.15, 0.2) is 45.7 Å². The number of nitrogens with zero attached hydrogens (tertiary/aromatic N) is 1. The summed E-state index contributed by atoms with van der Waals surface area (Å²) in [6, 6.07) is 10.3. The molecule has 0 aliphatic heterocycles. The number of H-pyrrole nitrogens is 1. The van der Waals surface area contributed by atoms with E-state index in [0.29, 0.717) is 16.7 Å². The first-order valence-electron chi connectivity index (χ1n) is 6.23. The van der Waals surface area contributed by atoms with Gasteiger partial charge in [0.1, 0.15) is 0 Å². The van der Waals surface area contributed by atoms with Crippen LogP contribution in [0.3, 0.4) is 0 Å². The third-order valence-corrected chi connectivity index (χ3v) is 4.38. The first-order chi connectivity index (χ1) is 10.0. The minimum absolute atomic E-state index is 0.0826. The van der Waals surface area contributed by atoms with E-state index in [1.165, 1.54) is 10.6 Å². The van der Waals surface area contributed by atoms with Crippen LogP contribution in [0.2, 0.25) is 0 Å². The van der Waals surface area contributed by atoms with E-state index in [0.717, 1.165) is 10.0 Å². The van der Waals surface area contributed by atoms with Crippen LogP contribution in [0.4, 0.5) is 0 Å². The molecule has 0 amide bonds. The lowest BCUT2D eigenvalue weighted by molar-refractivity contribution is 0.0698. The second-order valence-electron chi connectivity index (χ2n) is 4.68. The van der Waals surface area contributed by atoms with Gasteiger partial charge in [0.05, 0.1) is 22.3 Å². The van der Waals surface area contributed by atoms with Gasteiger partial charge in [0.25, 0.3) is 0 Å². The zero-order valence-corrected chi connectivity index (χ0v) is 12.6. The molecule has 1 heterocycles. The standard InChI is InChI=1S/C15H11BrN2O3/c1-8-4-2-7-11(12(8)16)18-13-9(14(19)20)5-3-6-10(13)17-15(18)21/h2-7H,1H3,(H,17,21)(H,19,20). The lowest BCUT2D eigenvalue weighted by Gasteiger charge is -2.09. The molecule has 3 rings (SSSR count). The second kappa shape index (κ2) is 4.89. The molecule has 0 saturated heterocycles. The van der Waals surface area contributed by atoms with Crippen molar-refractivity contribution < 1.29 is 9.90 Å². The zero-order chi connectivity index (χ0) is 15.1. The summed E-state index contributed by atoms with van der Waals surface area (Å²) in [5.74, 6) is -1.07. The molecule has 0 aliphatic rings. The molecule has 0 atom stereocenters. The Morgan fingerprint density at radius 2 is 1.95 bits per heavy atom. The second-order valence-corrected chi connectivity index (χ2v) is 5.47. The molecule has 0 unspecified atom stereocenters. The molecular weight excluding hydrogens is 336 g/mol. The van der Waals surface area contributed by atoms with E-state index in [4.69, 9.17) is 0 Å². The number of aryl methyl sites for hydroxylation is 1. The fourth-order valence-corrected chi connectivity index (χ4v) is 2.81. The number of hydrogen-bond acceptors (Lipinski definition) is 2. The summed E-state index contributed by atoms with van der Waals surface area (Å²) >= 11 is 3.46. The molecule has 6 heteroatoms. The number of halogens is 1. The molecule has 0 saturated carbocycles. The molecule has 2 N–H and O–H groups in total. The zero-order valence-electron chi connectivity index (χ0n) is 11.1. The number of nitrogens with one attached hydrogen (secondary N) is 1. The van der Waals surface area contributed by atoms with Crippen LogP contribution >= 0.6 is 15.9 Å². The molecule has 1 aromatic heterocycles. The number of fused-ring (bicyclic) bond motifs is 1. The molecule has 0 fully saturated rings. The van der Waals surface area contributed by atoms with Crippen molar-refractivity contribution in [1.82, 2.24) is 9.55 Å². The van der Waals surface area contributed by atoms with Gasteiger partial charge in [-0.25, -0.2) is 9.59 Å². The number of carboxylic acid groups (broad SMARTS) is 1. The number of carbonyl (C=O) groups is 1. The van der Waals surface area contributed by atoms with E-state index >= 15 is 0 Å². The molecule has 2 aromatic carbocycles. The molecule has 0 radical (unpaired) electrons. The van der Waals surface area contributed by atoms with Gasteiger partial charge in [0, 0.05) is 4.47 Å². The van der Waals surface area contributed by atoms with Crippen molar-refractivity contribution in [3.63, 3.8) is 0 Å². The Labute approximate surface area is 128 Å². The Morgan fingerprint density at radius 3 is 2.67 bits per heavy atom. The molecule has 3 aromatic rings. The predicted molar refractivity (Wildman–Crippen MR) is 83.3 cm³/mol. The van der Waals surface area contributed by atoms with Gasteiger partial charge in [-0.3, -0.25) is 4.57 Å². The maximum absolute atomic E-state index is 12.3. The SMILES string of the molecule is Cc1cccc(-n2c(=O)[nH]c3cccc(C(=O)O)c32)c1Br. The van der Waals surface area contributed by atoms with Gasteiger partial charge in [-0.05, 0) is 46.6 Å². The summed E-state index contributed by atoms with van der Waals surface area (Å²) < 4.78 is 2.14. The van der Waals surface area contributed by atoms with Crippen LogP contribution in [-0.2, 0) is 0 Å². The van der Waals surface area contributed by atoms with E-state index in [1.807, 2.05) is 19.1 Å². The van der Waals surface area contributed by atoms with Crippen molar-refractivity contribution in [1.29, 1.82) is 0 Å². The van der Waals surface area contributed by atoms with Crippen LogP contribution in [0.25, 0.3) is 16.7 Å². The molecular formula is C15H11BrN2O3. The average molecular weight is 347 g/mol. The fourth-order valence-electron chi connectivity index (χ4n) is 2.36. The van der Waals surface area contributed by atoms with Crippen molar-refractivity contribution >= 4 is 32.9 Å². The predicted octanol–water partition coefficient (Wildman–Crippen LogP) is 3.09. The van der Waals surface area contributed by atoms with Crippen LogP contribution in [0.5, 0.6) is 0 Å². The van der Waals surface area contributed by atoms with Crippen molar-refractivity contribution in [2.24, 2.45) is 0 Å². The van der Waals surface area contributed by atoms with E-state index in [1.54, 1.807) is 18.2 Å². The molecule has 0 spiro atoms. The molecule has 106 valence electrons. The van der Waals surface area contributed by atoms with Gasteiger partial charge in [-0.15, -0.1) is 0 Å². The summed E-state index contributed by atoms with van der Waals surface area (Å²) in [6.07, 6.45) is 0. The normalized spacial score (nSPS) is 11.0. The lowest BCUT2D eigenvalue weighted by Crippen LogP contribution is -2.16. The summed E-state index contributed by atoms with van der Waals surface area (Å²) in [6.45, 7) is 1.91. The average Bonchev–Trinajstić information content (AvgIpc) is 2.77. The van der Waals surface area contributed by atoms with Crippen molar-refractivity contribution in [3.05, 3.63) is 62.5 Å². The Bertz CT molecular complexity index is 924. The Hall–Kier alpha value is -2.34. The number of rotatable bonds is 2. The summed E-state index contributed by atoms with van der Waals surface area (Å²) in [4.78, 5) is 26.4. The van der Waals surface area contributed by atoms with E-state index < -0.39 is 5.97 Å². The number of hydrogen-bond donors (Lipinski definition) is 2. The minimum Gasteiger partial charge on any atom is -0.478 e. The summed E-state index contributed by atoms with van der Waals surface area (Å²) in [5.41, 5.74) is 2.14. The van der Waals surface area contributed by atoms with E-state index in [9.17, 15) is 14.7 Å². The van der Waals surface area contributed by atoms with Gasteiger partial charge in [-0.1, -0.05) is 18.2 Å². The molecule has 21 heavy (non-hydrogen) atoms. The topological polar surface area (TPSA) is 75.1 Å². The quantitative estimate of drug-likeness (QED) is 0.748. The number of aromatic amines is 1. The number of carboxylic acids is 1. The number of aromatic carboxylic acids is 1. The number of aromatic nitrogens is 2. The Kier molecular flexibility index (Phi) is 3.17. The molecule has 5 nitrogen and oxygen atoms in total. The third kappa shape index (κ3) is 2.08. The van der Waals surface area contributed by atoms with Crippen LogP contribution in [0.1, 0.15) is 15.9 Å². The first-order valence-corrected chi connectivity index (χ1v) is 7.02. The lowest BCUT2D eigenvalue weighted by atomic mass is 10.1. The summed E-state index contributed by atoms with van der Waals surface area (Å²) in [5, 5.41) is 9.35. The Balaban J connectivity index is 2.48. The number of imidazole rings is 1. The first kappa shape index (κ1) is 13.6. The van der Waals surface area contributed by atoms with Crippen molar-refractivity contribution in [2.45, 2.75) is 6.92 Å². The van der Waals surface area contributed by atoms with E-state index in [-0.39, 0.29) is 11.3 Å².